The molecule has 0 radical (unpaired) electrons. The molecule has 0 saturated carbocycles. The molecule has 2 rings (SSSR count). The Morgan fingerprint density at radius 1 is 0.952 bits per heavy atom. The van der Waals surface area contributed by atoms with Gasteiger partial charge in [-0.2, -0.15) is 0 Å². The van der Waals surface area contributed by atoms with E-state index in [-0.39, 0.29) is 0 Å². The molecule has 0 aliphatic heterocycles. The van der Waals surface area contributed by atoms with Crippen molar-refractivity contribution in [1.29, 1.82) is 0 Å². The standard InChI is InChI=1S/C19H25NO/c1-4-5-6-16-7-11-18(12-8-16)21-19-13-9-17(10-14-19)15(2)20-3/h7-15,20H,4-6H2,1-3H3. The van der Waals surface area contributed by atoms with Gasteiger partial charge in [-0.05, 0) is 62.2 Å². The van der Waals surface area contributed by atoms with Gasteiger partial charge in [0.15, 0.2) is 0 Å². The first kappa shape index (κ1) is 15.6. The molecule has 0 saturated heterocycles. The molecule has 0 fully saturated rings. The molecule has 112 valence electrons. The molecule has 2 aromatic rings. The maximum atomic E-state index is 5.89. The van der Waals surface area contributed by atoms with Gasteiger partial charge in [0.05, 0.1) is 0 Å². The van der Waals surface area contributed by atoms with Gasteiger partial charge in [0.1, 0.15) is 11.5 Å². The molecule has 2 heteroatoms. The average molecular weight is 283 g/mol. The molecule has 21 heavy (non-hydrogen) atoms. The van der Waals surface area contributed by atoms with E-state index in [1.54, 1.807) is 0 Å². The molecule has 1 N–H and O–H groups in total. The lowest BCUT2D eigenvalue weighted by molar-refractivity contribution is 0.482. The predicted molar refractivity (Wildman–Crippen MR) is 89.0 cm³/mol. The zero-order chi connectivity index (χ0) is 15.1. The van der Waals surface area contributed by atoms with E-state index in [4.69, 9.17) is 4.74 Å². The summed E-state index contributed by atoms with van der Waals surface area (Å²) < 4.78 is 5.89. The smallest absolute Gasteiger partial charge is 0.127 e. The number of benzene rings is 2. The molecule has 0 heterocycles. The average Bonchev–Trinajstić information content (AvgIpc) is 2.54. The van der Waals surface area contributed by atoms with Gasteiger partial charge >= 0.3 is 0 Å². The van der Waals surface area contributed by atoms with Crippen LogP contribution in [-0.4, -0.2) is 7.05 Å². The molecule has 0 spiro atoms. The van der Waals surface area contributed by atoms with E-state index in [9.17, 15) is 0 Å². The Morgan fingerprint density at radius 3 is 2.05 bits per heavy atom. The number of nitrogens with one attached hydrogen (secondary N) is 1. The van der Waals surface area contributed by atoms with E-state index < -0.39 is 0 Å². The number of ether oxygens (including phenoxy) is 1. The minimum atomic E-state index is 0.358. The maximum absolute atomic E-state index is 5.89. The highest BCUT2D eigenvalue weighted by atomic mass is 16.5. The van der Waals surface area contributed by atoms with Crippen LogP contribution in [0.4, 0.5) is 0 Å². The van der Waals surface area contributed by atoms with Gasteiger partial charge in [0, 0.05) is 6.04 Å². The lowest BCUT2D eigenvalue weighted by atomic mass is 10.1. The summed E-state index contributed by atoms with van der Waals surface area (Å²) in [7, 11) is 1.97. The summed E-state index contributed by atoms with van der Waals surface area (Å²) in [6, 6.07) is 17.0. The second-order valence-electron chi connectivity index (χ2n) is 5.43. The van der Waals surface area contributed by atoms with Gasteiger partial charge < -0.3 is 10.1 Å². The fourth-order valence-corrected chi connectivity index (χ4v) is 2.23. The fraction of sp³-hybridized carbons (Fsp3) is 0.368. The second-order valence-corrected chi connectivity index (χ2v) is 5.43. The molecule has 0 amide bonds. The van der Waals surface area contributed by atoms with Crippen LogP contribution in [0.15, 0.2) is 48.5 Å². The van der Waals surface area contributed by atoms with E-state index in [1.807, 2.05) is 19.2 Å². The van der Waals surface area contributed by atoms with Gasteiger partial charge in [0.25, 0.3) is 0 Å². The van der Waals surface area contributed by atoms with Crippen molar-refractivity contribution in [2.24, 2.45) is 0 Å². The summed E-state index contributed by atoms with van der Waals surface area (Å²) in [6.45, 7) is 4.36. The normalized spacial score (nSPS) is 12.1. The van der Waals surface area contributed by atoms with E-state index in [1.165, 1.54) is 24.0 Å². The van der Waals surface area contributed by atoms with Crippen LogP contribution in [0.3, 0.4) is 0 Å². The van der Waals surface area contributed by atoms with Crippen molar-refractivity contribution in [3.8, 4) is 11.5 Å². The van der Waals surface area contributed by atoms with Crippen LogP contribution in [0.2, 0.25) is 0 Å². The third-order valence-electron chi connectivity index (χ3n) is 3.79. The monoisotopic (exact) mass is 283 g/mol. The molecule has 0 bridgehead atoms. The molecule has 1 unspecified atom stereocenters. The third kappa shape index (κ3) is 4.61. The van der Waals surface area contributed by atoms with Crippen molar-refractivity contribution in [2.75, 3.05) is 7.05 Å². The number of rotatable bonds is 7. The van der Waals surface area contributed by atoms with Gasteiger partial charge in [-0.15, -0.1) is 0 Å². The van der Waals surface area contributed by atoms with Crippen LogP contribution < -0.4 is 10.1 Å². The van der Waals surface area contributed by atoms with Gasteiger partial charge in [0.2, 0.25) is 0 Å². The molecule has 0 aromatic heterocycles. The molecular formula is C19H25NO. The molecular weight excluding hydrogens is 258 g/mol. The van der Waals surface area contributed by atoms with Crippen LogP contribution in [0, 0.1) is 0 Å². The lowest BCUT2D eigenvalue weighted by Gasteiger charge is -2.12. The summed E-state index contributed by atoms with van der Waals surface area (Å²) >= 11 is 0. The zero-order valence-electron chi connectivity index (χ0n) is 13.2. The maximum Gasteiger partial charge on any atom is 0.127 e. The Balaban J connectivity index is 1.97. The largest absolute Gasteiger partial charge is 0.457 e. The third-order valence-corrected chi connectivity index (χ3v) is 3.79. The fourth-order valence-electron chi connectivity index (χ4n) is 2.23. The zero-order valence-corrected chi connectivity index (χ0v) is 13.2. The van der Waals surface area contributed by atoms with E-state index in [0.717, 1.165) is 17.9 Å². The first-order valence-corrected chi connectivity index (χ1v) is 7.77. The topological polar surface area (TPSA) is 21.3 Å². The predicted octanol–water partition coefficient (Wildman–Crippen LogP) is 5.10. The lowest BCUT2D eigenvalue weighted by Crippen LogP contribution is -2.11. The van der Waals surface area contributed by atoms with Crippen molar-refractivity contribution in [3.63, 3.8) is 0 Å². The number of aryl methyl sites for hydroxylation is 1. The van der Waals surface area contributed by atoms with Gasteiger partial charge in [-0.1, -0.05) is 37.6 Å². The van der Waals surface area contributed by atoms with Gasteiger partial charge in [-0.3, -0.25) is 0 Å². The van der Waals surface area contributed by atoms with Crippen LogP contribution in [-0.2, 0) is 6.42 Å². The Hall–Kier alpha value is -1.80. The molecule has 0 aliphatic carbocycles. The van der Waals surface area contributed by atoms with Crippen molar-refractivity contribution in [1.82, 2.24) is 5.32 Å². The van der Waals surface area contributed by atoms with Crippen molar-refractivity contribution in [2.45, 2.75) is 39.2 Å². The van der Waals surface area contributed by atoms with Crippen LogP contribution >= 0.6 is 0 Å². The number of unbranched alkanes of at least 4 members (excludes halogenated alkanes) is 1. The molecule has 2 nitrogen and oxygen atoms in total. The van der Waals surface area contributed by atoms with E-state index in [0.29, 0.717) is 6.04 Å². The SMILES string of the molecule is CCCCc1ccc(Oc2ccc(C(C)NC)cc2)cc1. The summed E-state index contributed by atoms with van der Waals surface area (Å²) in [4.78, 5) is 0. The van der Waals surface area contributed by atoms with Crippen LogP contribution in [0.25, 0.3) is 0 Å². The second kappa shape index (κ2) is 7.84. The number of hydrogen-bond acceptors (Lipinski definition) is 2. The van der Waals surface area contributed by atoms with Crippen LogP contribution in [0.1, 0.15) is 43.9 Å². The van der Waals surface area contributed by atoms with Crippen molar-refractivity contribution in [3.05, 3.63) is 59.7 Å². The highest BCUT2D eigenvalue weighted by molar-refractivity contribution is 5.35. The minimum Gasteiger partial charge on any atom is -0.457 e. The Bertz CT molecular complexity index is 530. The van der Waals surface area contributed by atoms with Crippen molar-refractivity contribution < 1.29 is 4.74 Å². The highest BCUT2D eigenvalue weighted by Gasteiger charge is 2.03. The van der Waals surface area contributed by atoms with Crippen LogP contribution in [0.5, 0.6) is 11.5 Å². The first-order chi connectivity index (χ1) is 10.2. The Kier molecular flexibility index (Phi) is 5.82. The Morgan fingerprint density at radius 2 is 1.52 bits per heavy atom. The van der Waals surface area contributed by atoms with E-state index >= 15 is 0 Å². The summed E-state index contributed by atoms with van der Waals surface area (Å²) in [6.07, 6.45) is 3.62. The number of hydrogen-bond donors (Lipinski definition) is 1. The molecule has 1 atom stereocenters. The highest BCUT2D eigenvalue weighted by Crippen LogP contribution is 2.24. The van der Waals surface area contributed by atoms with E-state index in [2.05, 4.69) is 55.6 Å². The van der Waals surface area contributed by atoms with Crippen molar-refractivity contribution >= 4 is 0 Å². The summed E-state index contributed by atoms with van der Waals surface area (Å²) in [5.41, 5.74) is 2.64. The molecule has 2 aromatic carbocycles. The quantitative estimate of drug-likeness (QED) is 0.763. The summed E-state index contributed by atoms with van der Waals surface area (Å²) in [5, 5.41) is 3.23. The first-order valence-electron chi connectivity index (χ1n) is 7.77. The Labute approximate surface area is 128 Å². The molecule has 0 aliphatic rings. The summed E-state index contributed by atoms with van der Waals surface area (Å²) in [5.74, 6) is 1.77. The minimum absolute atomic E-state index is 0.358. The van der Waals surface area contributed by atoms with Gasteiger partial charge in [-0.25, -0.2) is 0 Å².